The van der Waals surface area contributed by atoms with E-state index in [9.17, 15) is 18.0 Å². The van der Waals surface area contributed by atoms with Gasteiger partial charge in [-0.05, 0) is 36.5 Å². The van der Waals surface area contributed by atoms with Crippen molar-refractivity contribution >= 4 is 23.2 Å². The molecule has 0 bridgehead atoms. The molecule has 1 rings (SSSR count). The molecule has 5 nitrogen and oxygen atoms in total. The largest absolute Gasteiger partial charge is 0.573 e. The fraction of sp³-hybridized carbons (Fsp3) is 0.200. The van der Waals surface area contributed by atoms with Crippen LogP contribution < -0.4 is 20.9 Å². The van der Waals surface area contributed by atoms with Crippen LogP contribution in [0.5, 0.6) is 5.75 Å². The highest BCUT2D eigenvalue weighted by atomic mass is 32.1. The molecule has 0 aliphatic carbocycles. The molecule has 1 amide bonds. The number of hydrogen-bond acceptors (Lipinski definition) is 4. The van der Waals surface area contributed by atoms with Crippen molar-refractivity contribution in [3.8, 4) is 5.75 Å². The molecule has 0 aliphatic heterocycles. The number of halogens is 3. The molecule has 0 aliphatic rings. The minimum Gasteiger partial charge on any atom is -0.406 e. The molecule has 0 saturated carbocycles. The van der Waals surface area contributed by atoms with Crippen LogP contribution in [0.25, 0.3) is 0 Å². The van der Waals surface area contributed by atoms with Crippen LogP contribution in [0.1, 0.15) is 10.4 Å². The van der Waals surface area contributed by atoms with E-state index in [-0.39, 0.29) is 10.7 Å². The number of thiocarbonyl (C=S) groups is 1. The smallest absolute Gasteiger partial charge is 0.406 e. The van der Waals surface area contributed by atoms with Gasteiger partial charge in [-0.1, -0.05) is 0 Å². The lowest BCUT2D eigenvalue weighted by Crippen LogP contribution is -2.44. The van der Waals surface area contributed by atoms with Crippen LogP contribution in [-0.4, -0.2) is 24.4 Å². The Labute approximate surface area is 112 Å². The van der Waals surface area contributed by atoms with Crippen LogP contribution in [0.15, 0.2) is 24.3 Å². The van der Waals surface area contributed by atoms with Gasteiger partial charge in [0.1, 0.15) is 5.75 Å². The standard InChI is InChI=1S/C10H10F3N3O2S/c1-14-16-9(19)15-8(17)6-2-4-7(5-3-6)18-10(11,12)13/h2-5,14H,1H3,(H2,15,16,17,19). The molecule has 0 unspecified atom stereocenters. The Bertz CT molecular complexity index is 462. The predicted octanol–water partition coefficient (Wildman–Crippen LogP) is 1.32. The van der Waals surface area contributed by atoms with Gasteiger partial charge >= 0.3 is 6.36 Å². The zero-order valence-electron chi connectivity index (χ0n) is 9.67. The topological polar surface area (TPSA) is 62.4 Å². The normalized spacial score (nSPS) is 10.7. The molecule has 0 atom stereocenters. The molecule has 1 aromatic carbocycles. The second-order valence-corrected chi connectivity index (χ2v) is 3.64. The Hall–Kier alpha value is -1.87. The Morgan fingerprint density at radius 1 is 1.26 bits per heavy atom. The highest BCUT2D eigenvalue weighted by Gasteiger charge is 2.31. The van der Waals surface area contributed by atoms with E-state index in [0.29, 0.717) is 0 Å². The lowest BCUT2D eigenvalue weighted by atomic mass is 10.2. The van der Waals surface area contributed by atoms with Gasteiger partial charge in [-0.25, -0.2) is 5.43 Å². The molecule has 19 heavy (non-hydrogen) atoms. The van der Waals surface area contributed by atoms with Crippen LogP contribution in [0.2, 0.25) is 0 Å². The van der Waals surface area contributed by atoms with Gasteiger partial charge in [-0.3, -0.25) is 15.5 Å². The molecular formula is C10H10F3N3O2S. The van der Waals surface area contributed by atoms with E-state index in [2.05, 4.69) is 20.9 Å². The van der Waals surface area contributed by atoms with E-state index in [1.165, 1.54) is 12.1 Å². The van der Waals surface area contributed by atoms with E-state index in [1.807, 2.05) is 0 Å². The second-order valence-electron chi connectivity index (χ2n) is 3.23. The number of carbonyl (C=O) groups excluding carboxylic acids is 1. The summed E-state index contributed by atoms with van der Waals surface area (Å²) in [6.07, 6.45) is -4.76. The summed E-state index contributed by atoms with van der Waals surface area (Å²) in [6.45, 7) is 0. The first-order valence-electron chi connectivity index (χ1n) is 4.95. The Morgan fingerprint density at radius 3 is 2.32 bits per heavy atom. The number of rotatable bonds is 3. The van der Waals surface area contributed by atoms with Crippen molar-refractivity contribution in [2.45, 2.75) is 6.36 Å². The Kier molecular flexibility index (Phi) is 5.07. The van der Waals surface area contributed by atoms with Gasteiger partial charge in [0.05, 0.1) is 0 Å². The summed E-state index contributed by atoms with van der Waals surface area (Å²) in [5.74, 6) is -0.953. The summed E-state index contributed by atoms with van der Waals surface area (Å²) >= 11 is 4.75. The van der Waals surface area contributed by atoms with Gasteiger partial charge in [-0.15, -0.1) is 13.2 Å². The Morgan fingerprint density at radius 2 is 1.84 bits per heavy atom. The summed E-state index contributed by atoms with van der Waals surface area (Å²) in [7, 11) is 1.56. The molecule has 0 heterocycles. The molecule has 1 aromatic rings. The van der Waals surface area contributed by atoms with Crippen molar-refractivity contribution in [3.05, 3.63) is 29.8 Å². The van der Waals surface area contributed by atoms with E-state index in [4.69, 9.17) is 12.2 Å². The first-order valence-corrected chi connectivity index (χ1v) is 5.36. The SMILES string of the molecule is CNNC(=S)NC(=O)c1ccc(OC(F)(F)F)cc1. The first kappa shape index (κ1) is 15.2. The number of amides is 1. The van der Waals surface area contributed by atoms with Gasteiger partial charge in [-0.2, -0.15) is 0 Å². The second kappa shape index (κ2) is 6.34. The number of benzene rings is 1. The maximum Gasteiger partial charge on any atom is 0.573 e. The third-order valence-electron chi connectivity index (χ3n) is 1.82. The molecule has 0 fully saturated rings. The van der Waals surface area contributed by atoms with Gasteiger partial charge in [0.2, 0.25) is 0 Å². The highest BCUT2D eigenvalue weighted by Crippen LogP contribution is 2.22. The minimum absolute atomic E-state index is 0.0446. The molecule has 0 saturated heterocycles. The quantitative estimate of drug-likeness (QED) is 0.579. The monoisotopic (exact) mass is 293 g/mol. The molecule has 0 aromatic heterocycles. The summed E-state index contributed by atoms with van der Waals surface area (Å²) in [5, 5.41) is 2.37. The summed E-state index contributed by atoms with van der Waals surface area (Å²) < 4.78 is 39.4. The van der Waals surface area contributed by atoms with Crippen molar-refractivity contribution in [1.82, 2.24) is 16.2 Å². The van der Waals surface area contributed by atoms with Crippen LogP contribution in [0, 0.1) is 0 Å². The van der Waals surface area contributed by atoms with E-state index in [1.54, 1.807) is 7.05 Å². The average Bonchev–Trinajstić information content (AvgIpc) is 2.27. The Balaban J connectivity index is 2.66. The maximum absolute atomic E-state index is 11.9. The third-order valence-corrected chi connectivity index (χ3v) is 2.02. The molecule has 9 heteroatoms. The lowest BCUT2D eigenvalue weighted by Gasteiger charge is -2.10. The van der Waals surface area contributed by atoms with Crippen molar-refractivity contribution in [2.75, 3.05) is 7.05 Å². The van der Waals surface area contributed by atoms with Gasteiger partial charge in [0.25, 0.3) is 5.91 Å². The van der Waals surface area contributed by atoms with Gasteiger partial charge in [0.15, 0.2) is 5.11 Å². The predicted molar refractivity (Wildman–Crippen MR) is 65.4 cm³/mol. The lowest BCUT2D eigenvalue weighted by molar-refractivity contribution is -0.274. The van der Waals surface area contributed by atoms with E-state index >= 15 is 0 Å². The van der Waals surface area contributed by atoms with Gasteiger partial charge < -0.3 is 4.74 Å². The zero-order chi connectivity index (χ0) is 14.5. The van der Waals surface area contributed by atoms with E-state index < -0.39 is 18.0 Å². The van der Waals surface area contributed by atoms with Gasteiger partial charge in [0, 0.05) is 12.6 Å². The molecule has 3 N–H and O–H groups in total. The molecule has 104 valence electrons. The van der Waals surface area contributed by atoms with Crippen molar-refractivity contribution in [1.29, 1.82) is 0 Å². The number of hydrazine groups is 1. The minimum atomic E-state index is -4.76. The molecule has 0 radical (unpaired) electrons. The summed E-state index contributed by atoms with van der Waals surface area (Å²) in [4.78, 5) is 11.6. The zero-order valence-corrected chi connectivity index (χ0v) is 10.5. The molecule has 0 spiro atoms. The van der Waals surface area contributed by atoms with Crippen LogP contribution in [0.4, 0.5) is 13.2 Å². The van der Waals surface area contributed by atoms with Crippen molar-refractivity contribution < 1.29 is 22.7 Å². The maximum atomic E-state index is 11.9. The number of alkyl halides is 3. The molecular weight excluding hydrogens is 283 g/mol. The number of hydrogen-bond donors (Lipinski definition) is 3. The summed E-state index contributed by atoms with van der Waals surface area (Å²) in [6, 6.07) is 4.46. The van der Waals surface area contributed by atoms with Crippen LogP contribution in [0.3, 0.4) is 0 Å². The van der Waals surface area contributed by atoms with E-state index in [0.717, 1.165) is 12.1 Å². The number of carbonyl (C=O) groups is 1. The van der Waals surface area contributed by atoms with Crippen LogP contribution in [-0.2, 0) is 0 Å². The van der Waals surface area contributed by atoms with Crippen molar-refractivity contribution in [2.24, 2.45) is 0 Å². The fourth-order valence-electron chi connectivity index (χ4n) is 1.13. The number of ether oxygens (including phenoxy) is 1. The fourth-order valence-corrected chi connectivity index (χ4v) is 1.32. The third kappa shape index (κ3) is 5.53. The van der Waals surface area contributed by atoms with Crippen LogP contribution >= 0.6 is 12.2 Å². The summed E-state index contributed by atoms with van der Waals surface area (Å²) in [5.41, 5.74) is 5.12. The van der Waals surface area contributed by atoms with Crippen molar-refractivity contribution in [3.63, 3.8) is 0 Å². The highest BCUT2D eigenvalue weighted by molar-refractivity contribution is 7.80. The first-order chi connectivity index (χ1) is 8.81. The average molecular weight is 293 g/mol. The number of nitrogens with one attached hydrogen (secondary N) is 3.